The van der Waals surface area contributed by atoms with E-state index in [4.69, 9.17) is 8.85 Å². The van der Waals surface area contributed by atoms with Gasteiger partial charge in [-0.15, -0.1) is 0 Å². The topological polar surface area (TPSA) is 18.5 Å². The zero-order chi connectivity index (χ0) is 7.11. The third-order valence-corrected chi connectivity index (χ3v) is 3.20. The normalized spacial score (nSPS) is 10.7. The van der Waals surface area contributed by atoms with E-state index in [1.54, 1.807) is 14.2 Å². The van der Waals surface area contributed by atoms with Crippen molar-refractivity contribution in [1.29, 1.82) is 0 Å². The second-order valence-electron chi connectivity index (χ2n) is 1.57. The predicted molar refractivity (Wildman–Crippen MR) is 43.0 cm³/mol. The number of halogens is 1. The maximum atomic E-state index is 5.06. The third kappa shape index (κ3) is 5.08. The average molecular weight is 212 g/mol. The van der Waals surface area contributed by atoms with E-state index in [9.17, 15) is 0 Å². The van der Waals surface area contributed by atoms with Gasteiger partial charge in [-0.1, -0.05) is 15.9 Å². The molecule has 0 aliphatic carbocycles. The molecule has 0 amide bonds. The van der Waals surface area contributed by atoms with Gasteiger partial charge >= 0.3 is 9.28 Å². The van der Waals surface area contributed by atoms with Gasteiger partial charge in [-0.3, -0.25) is 0 Å². The minimum atomic E-state index is -0.916. The Kier molecular flexibility index (Phi) is 7.19. The van der Waals surface area contributed by atoms with E-state index >= 15 is 0 Å². The number of rotatable bonds is 5. The van der Waals surface area contributed by atoms with Crippen molar-refractivity contribution in [3.8, 4) is 0 Å². The molecule has 0 aliphatic rings. The number of hydrogen-bond donors (Lipinski definition) is 0. The molecular formula is C5H12BrO2Si. The molecule has 0 aromatic rings. The third-order valence-electron chi connectivity index (χ3n) is 0.970. The van der Waals surface area contributed by atoms with Crippen LogP contribution in [0.2, 0.25) is 6.04 Å². The molecule has 0 N–H and O–H groups in total. The van der Waals surface area contributed by atoms with E-state index in [1.165, 1.54) is 0 Å². The van der Waals surface area contributed by atoms with Gasteiger partial charge in [0.25, 0.3) is 0 Å². The van der Waals surface area contributed by atoms with Crippen molar-refractivity contribution >= 4 is 25.2 Å². The fourth-order valence-electron chi connectivity index (χ4n) is 0.499. The fourth-order valence-corrected chi connectivity index (χ4v) is 2.34. The molecule has 1 radical (unpaired) electrons. The fraction of sp³-hybridized carbons (Fsp3) is 1.00. The second-order valence-corrected chi connectivity index (χ2v) is 4.43. The van der Waals surface area contributed by atoms with Crippen LogP contribution in [0, 0.1) is 0 Å². The summed E-state index contributed by atoms with van der Waals surface area (Å²) < 4.78 is 10.1. The Morgan fingerprint density at radius 2 is 1.89 bits per heavy atom. The standard InChI is InChI=1S/C5H12BrO2Si/c1-7-9(8-2)5-3-4-6/h3-5H2,1-2H3. The summed E-state index contributed by atoms with van der Waals surface area (Å²) in [5.41, 5.74) is 0. The smallest absolute Gasteiger partial charge is 0.384 e. The summed E-state index contributed by atoms with van der Waals surface area (Å²) in [7, 11) is 2.48. The minimum Gasteiger partial charge on any atom is -0.397 e. The molecule has 4 heteroatoms. The summed E-state index contributed by atoms with van der Waals surface area (Å²) in [5, 5.41) is 1.04. The molecule has 0 heterocycles. The molecular weight excluding hydrogens is 200 g/mol. The van der Waals surface area contributed by atoms with Crippen molar-refractivity contribution in [2.24, 2.45) is 0 Å². The van der Waals surface area contributed by atoms with Crippen LogP contribution >= 0.6 is 15.9 Å². The van der Waals surface area contributed by atoms with Crippen LogP contribution in [0.3, 0.4) is 0 Å². The van der Waals surface area contributed by atoms with Crippen LogP contribution in [0.25, 0.3) is 0 Å². The zero-order valence-corrected chi connectivity index (χ0v) is 8.40. The van der Waals surface area contributed by atoms with E-state index in [-0.39, 0.29) is 0 Å². The summed E-state index contributed by atoms with van der Waals surface area (Å²) in [6.07, 6.45) is 1.13. The lowest BCUT2D eigenvalue weighted by atomic mass is 10.6. The largest absolute Gasteiger partial charge is 0.397 e. The Hall–Kier alpha value is 0.617. The maximum Gasteiger partial charge on any atom is 0.384 e. The van der Waals surface area contributed by atoms with Gasteiger partial charge in [0.15, 0.2) is 0 Å². The molecule has 0 aromatic heterocycles. The van der Waals surface area contributed by atoms with Crippen LogP contribution < -0.4 is 0 Å². The van der Waals surface area contributed by atoms with Crippen LogP contribution in [0.1, 0.15) is 6.42 Å². The van der Waals surface area contributed by atoms with Gasteiger partial charge in [0.1, 0.15) is 0 Å². The Morgan fingerprint density at radius 3 is 2.22 bits per heavy atom. The molecule has 9 heavy (non-hydrogen) atoms. The molecule has 0 spiro atoms. The molecule has 2 nitrogen and oxygen atoms in total. The van der Waals surface area contributed by atoms with Crippen molar-refractivity contribution in [2.45, 2.75) is 12.5 Å². The van der Waals surface area contributed by atoms with E-state index < -0.39 is 9.28 Å². The predicted octanol–water partition coefficient (Wildman–Crippen LogP) is 1.55. The van der Waals surface area contributed by atoms with Crippen molar-refractivity contribution in [1.82, 2.24) is 0 Å². The van der Waals surface area contributed by atoms with Crippen LogP contribution in [-0.2, 0) is 8.85 Å². The molecule has 0 aromatic carbocycles. The van der Waals surface area contributed by atoms with Crippen LogP contribution in [0.15, 0.2) is 0 Å². The van der Waals surface area contributed by atoms with Gasteiger partial charge in [0, 0.05) is 19.5 Å². The molecule has 0 bridgehead atoms. The van der Waals surface area contributed by atoms with E-state index in [1.807, 2.05) is 0 Å². The van der Waals surface area contributed by atoms with Crippen LogP contribution in [-0.4, -0.2) is 28.8 Å². The van der Waals surface area contributed by atoms with Gasteiger partial charge in [-0.2, -0.15) is 0 Å². The van der Waals surface area contributed by atoms with Crippen molar-refractivity contribution in [2.75, 3.05) is 19.5 Å². The van der Waals surface area contributed by atoms with Gasteiger partial charge in [0.05, 0.1) is 0 Å². The molecule has 0 rings (SSSR count). The lowest BCUT2D eigenvalue weighted by molar-refractivity contribution is 0.277. The molecule has 0 aliphatic heterocycles. The van der Waals surface area contributed by atoms with E-state index in [2.05, 4.69) is 15.9 Å². The van der Waals surface area contributed by atoms with Gasteiger partial charge in [0.2, 0.25) is 0 Å². The molecule has 55 valence electrons. The van der Waals surface area contributed by atoms with E-state index in [0.717, 1.165) is 17.8 Å². The monoisotopic (exact) mass is 211 g/mol. The SMILES string of the molecule is CO[Si](CCCBr)OC. The molecule has 0 saturated heterocycles. The molecule has 0 fully saturated rings. The van der Waals surface area contributed by atoms with Crippen molar-refractivity contribution in [3.63, 3.8) is 0 Å². The Labute approximate surface area is 66.5 Å². The maximum absolute atomic E-state index is 5.06. The summed E-state index contributed by atoms with van der Waals surface area (Å²) in [4.78, 5) is 0. The van der Waals surface area contributed by atoms with Gasteiger partial charge in [-0.05, 0) is 12.5 Å². The summed E-state index contributed by atoms with van der Waals surface area (Å²) in [6.45, 7) is 0. The molecule has 0 atom stereocenters. The number of hydrogen-bond acceptors (Lipinski definition) is 2. The summed E-state index contributed by atoms with van der Waals surface area (Å²) >= 11 is 3.34. The van der Waals surface area contributed by atoms with Gasteiger partial charge < -0.3 is 8.85 Å². The van der Waals surface area contributed by atoms with E-state index in [0.29, 0.717) is 0 Å². The summed E-state index contributed by atoms with van der Waals surface area (Å²) in [6, 6.07) is 1.06. The minimum absolute atomic E-state index is 0.916. The highest BCUT2D eigenvalue weighted by atomic mass is 79.9. The highest BCUT2D eigenvalue weighted by Crippen LogP contribution is 2.00. The highest BCUT2D eigenvalue weighted by molar-refractivity contribution is 9.09. The first kappa shape index (κ1) is 9.62. The zero-order valence-electron chi connectivity index (χ0n) is 5.82. The first-order valence-electron chi connectivity index (χ1n) is 2.85. The lowest BCUT2D eigenvalue weighted by Crippen LogP contribution is -2.18. The first-order valence-corrected chi connectivity index (χ1v) is 5.49. The lowest BCUT2D eigenvalue weighted by Gasteiger charge is -2.06. The van der Waals surface area contributed by atoms with Crippen molar-refractivity contribution < 1.29 is 8.85 Å². The highest BCUT2D eigenvalue weighted by Gasteiger charge is 2.09. The Bertz CT molecular complexity index is 58.9. The van der Waals surface area contributed by atoms with Crippen molar-refractivity contribution in [3.05, 3.63) is 0 Å². The van der Waals surface area contributed by atoms with Crippen LogP contribution in [0.5, 0.6) is 0 Å². The first-order chi connectivity index (χ1) is 4.35. The second kappa shape index (κ2) is 6.73. The molecule has 0 unspecified atom stereocenters. The Balaban J connectivity index is 3.09. The quantitative estimate of drug-likeness (QED) is 0.508. The number of alkyl halides is 1. The van der Waals surface area contributed by atoms with Gasteiger partial charge in [-0.25, -0.2) is 0 Å². The molecule has 0 saturated carbocycles. The Morgan fingerprint density at radius 1 is 1.33 bits per heavy atom. The average Bonchev–Trinajstić information content (AvgIpc) is 1.91. The van der Waals surface area contributed by atoms with Crippen LogP contribution in [0.4, 0.5) is 0 Å². The summed E-state index contributed by atoms with van der Waals surface area (Å²) in [5.74, 6) is 0.